The van der Waals surface area contributed by atoms with E-state index in [-0.39, 0.29) is 0 Å². The summed E-state index contributed by atoms with van der Waals surface area (Å²) in [6.45, 7) is 46.3. The molecule has 0 aromatic heterocycles. The number of hydrogen-bond acceptors (Lipinski definition) is 10. The van der Waals surface area contributed by atoms with E-state index in [1.54, 1.807) is 0 Å². The molecule has 3 saturated carbocycles. The molecule has 0 aromatic carbocycles. The van der Waals surface area contributed by atoms with Crippen molar-refractivity contribution in [3.63, 3.8) is 0 Å². The second-order valence-electron chi connectivity index (χ2n) is 29.6. The topological polar surface area (TPSA) is 82.2 Å². The lowest BCUT2D eigenvalue weighted by molar-refractivity contribution is -0.421. The van der Waals surface area contributed by atoms with Crippen LogP contribution in [0.1, 0.15) is 242 Å². The summed E-state index contributed by atoms with van der Waals surface area (Å²) >= 11 is 0. The van der Waals surface area contributed by atoms with E-state index in [1.165, 1.54) is 74.5 Å². The standard InChI is InChI=1S/C63H108N3O7P/c1-46-37-40-64(52(43-46)49-31-25-22-26-32-49)68-61(55(4,5)6,56(7,8)9)71-74(67,72-62(57(10,11)12,58(13,14)15)69-65-41-38-47(2)44-53(65)50-33-27-23-28-34-50)73-63(59(16,17)18,60(19,20)21)70-66-42-39-48(3)45-54(66)51-35-29-24-30-36-51/h37-39,43-45,49-51H,22-36,40-42H2,1-21H3. The second kappa shape index (κ2) is 22.5. The highest BCUT2D eigenvalue weighted by Gasteiger charge is 2.69. The Hall–Kier alpha value is -2.17. The number of nitrogens with zero attached hydrogens (tertiary/aromatic N) is 3. The maximum atomic E-state index is 18.1. The minimum atomic E-state index is -5.12. The van der Waals surface area contributed by atoms with Crippen molar-refractivity contribution in [1.29, 1.82) is 0 Å². The predicted octanol–water partition coefficient (Wildman–Crippen LogP) is 18.5. The van der Waals surface area contributed by atoms with E-state index in [4.69, 9.17) is 28.1 Å². The van der Waals surface area contributed by atoms with Gasteiger partial charge in [0.15, 0.2) is 0 Å². The van der Waals surface area contributed by atoms with E-state index < -0.39 is 57.7 Å². The van der Waals surface area contributed by atoms with Crippen LogP contribution in [0.25, 0.3) is 0 Å². The molecule has 11 heteroatoms. The maximum absolute atomic E-state index is 18.1. The highest BCUT2D eigenvalue weighted by atomic mass is 31.2. The average Bonchev–Trinajstić information content (AvgIpc) is 3.28. The molecule has 0 atom stereocenters. The van der Waals surface area contributed by atoms with Gasteiger partial charge >= 0.3 is 7.82 Å². The zero-order chi connectivity index (χ0) is 55.1. The highest BCUT2D eigenvalue weighted by Crippen LogP contribution is 2.71. The summed E-state index contributed by atoms with van der Waals surface area (Å²) in [5, 5.41) is 6.14. The Bertz CT molecular complexity index is 1890. The van der Waals surface area contributed by atoms with E-state index in [9.17, 15) is 0 Å². The third-order valence-electron chi connectivity index (χ3n) is 17.2. The summed E-state index contributed by atoms with van der Waals surface area (Å²) in [5.41, 5.74) is 2.05. The molecule has 74 heavy (non-hydrogen) atoms. The van der Waals surface area contributed by atoms with E-state index in [1.807, 2.05) is 15.2 Å². The Labute approximate surface area is 453 Å². The van der Waals surface area contributed by atoms with Crippen molar-refractivity contribution in [2.45, 2.75) is 259 Å². The minimum Gasteiger partial charge on any atom is -0.251 e. The molecule has 0 bridgehead atoms. The van der Waals surface area contributed by atoms with Crippen LogP contribution in [0.15, 0.2) is 70.3 Å². The van der Waals surface area contributed by atoms with Gasteiger partial charge in [-0.05, 0) is 77.5 Å². The normalized spacial score (nSPS) is 22.0. The van der Waals surface area contributed by atoms with Crippen LogP contribution in [-0.2, 0) is 32.6 Å². The third-order valence-corrected chi connectivity index (χ3v) is 18.6. The van der Waals surface area contributed by atoms with Gasteiger partial charge in [0, 0.05) is 67.3 Å². The van der Waals surface area contributed by atoms with Gasteiger partial charge in [-0.1, -0.05) is 217 Å². The first-order valence-electron chi connectivity index (χ1n) is 29.3. The smallest absolute Gasteiger partial charge is 0.251 e. The van der Waals surface area contributed by atoms with Crippen molar-refractivity contribution in [3.05, 3.63) is 70.3 Å². The largest absolute Gasteiger partial charge is 0.482 e. The lowest BCUT2D eigenvalue weighted by atomic mass is 9.70. The van der Waals surface area contributed by atoms with Crippen molar-refractivity contribution >= 4 is 7.82 Å². The molecule has 0 spiro atoms. The molecule has 3 aliphatic carbocycles. The molecular weight excluding hydrogens is 942 g/mol. The number of phosphoric acid groups is 1. The van der Waals surface area contributed by atoms with Crippen LogP contribution < -0.4 is 0 Å². The highest BCUT2D eigenvalue weighted by molar-refractivity contribution is 7.48. The van der Waals surface area contributed by atoms with Gasteiger partial charge in [0.1, 0.15) is 0 Å². The first-order valence-corrected chi connectivity index (χ1v) is 30.7. The minimum absolute atomic E-state index is 0.317. The second-order valence-corrected chi connectivity index (χ2v) is 31.0. The molecule has 0 N–H and O–H groups in total. The Morgan fingerprint density at radius 3 is 0.757 bits per heavy atom. The molecule has 6 rings (SSSR count). The van der Waals surface area contributed by atoms with Crippen molar-refractivity contribution in [1.82, 2.24) is 15.2 Å². The van der Waals surface area contributed by atoms with Crippen LogP contribution in [0.2, 0.25) is 0 Å². The first kappa shape index (κ1) is 61.0. The maximum Gasteiger partial charge on any atom is 0.482 e. The molecule has 0 saturated heterocycles. The number of rotatable bonds is 15. The molecule has 0 unspecified atom stereocenters. The Kier molecular flexibility index (Phi) is 18.6. The lowest BCUT2D eigenvalue weighted by Crippen LogP contribution is -2.64. The summed E-state index contributed by atoms with van der Waals surface area (Å²) in [6, 6.07) is 0. The zero-order valence-electron chi connectivity index (χ0n) is 51.1. The Balaban J connectivity index is 1.63. The van der Waals surface area contributed by atoms with Crippen molar-refractivity contribution in [2.24, 2.45) is 50.2 Å². The van der Waals surface area contributed by atoms with Crippen LogP contribution in [0, 0.1) is 50.2 Å². The molecule has 3 fully saturated rings. The molecule has 3 aliphatic heterocycles. The van der Waals surface area contributed by atoms with Gasteiger partial charge in [-0.2, -0.15) is 0 Å². The number of hydrogen-bond donors (Lipinski definition) is 0. The average molecular weight is 1050 g/mol. The van der Waals surface area contributed by atoms with Crippen LogP contribution in [0.3, 0.4) is 0 Å². The fourth-order valence-electron chi connectivity index (χ4n) is 13.6. The number of allylic oxidation sites excluding steroid dienone is 9. The van der Waals surface area contributed by atoms with Crippen LogP contribution >= 0.6 is 7.82 Å². The Morgan fingerprint density at radius 2 is 0.568 bits per heavy atom. The fourth-order valence-corrected chi connectivity index (χ4v) is 16.4. The third kappa shape index (κ3) is 13.0. The summed E-state index contributed by atoms with van der Waals surface area (Å²) in [7, 11) is -5.12. The molecule has 0 radical (unpaired) electrons. The number of hydroxylamine groups is 6. The molecule has 10 nitrogen and oxygen atoms in total. The van der Waals surface area contributed by atoms with Crippen molar-refractivity contribution in [2.75, 3.05) is 19.6 Å². The van der Waals surface area contributed by atoms with Gasteiger partial charge in [0.25, 0.3) is 0 Å². The monoisotopic (exact) mass is 1050 g/mol. The predicted molar refractivity (Wildman–Crippen MR) is 304 cm³/mol. The summed E-state index contributed by atoms with van der Waals surface area (Å²) < 4.78 is 41.7. The molecular formula is C63H108N3O7P. The molecule has 3 heterocycles. The first-order chi connectivity index (χ1) is 34.0. The van der Waals surface area contributed by atoms with Crippen molar-refractivity contribution < 1.29 is 32.6 Å². The SMILES string of the molecule is CC1=CCN(OC(OP(=O)(OC(ON2CC=C(C)C=C2C2CCCCC2)(C(C)(C)C)C(C)(C)C)OC(ON2CC=C(C)C=C2C2CCCCC2)(C(C)(C)C)C(C)(C)C)(C(C)(C)C)C(C)(C)C)C(C2CCCCC2)=C1. The van der Waals surface area contributed by atoms with E-state index in [0.29, 0.717) is 37.4 Å². The van der Waals surface area contributed by atoms with Crippen LogP contribution in [0.5, 0.6) is 0 Å². The van der Waals surface area contributed by atoms with Crippen LogP contribution in [-0.4, -0.2) is 52.2 Å². The molecule has 0 aromatic rings. The van der Waals surface area contributed by atoms with Gasteiger partial charge in [-0.25, -0.2) is 32.6 Å². The lowest BCUT2D eigenvalue weighted by Gasteiger charge is -2.59. The van der Waals surface area contributed by atoms with Gasteiger partial charge in [-0.15, -0.1) is 0 Å². The van der Waals surface area contributed by atoms with Gasteiger partial charge in [0.2, 0.25) is 17.4 Å². The van der Waals surface area contributed by atoms with Gasteiger partial charge in [0.05, 0.1) is 19.6 Å². The molecule has 6 aliphatic rings. The van der Waals surface area contributed by atoms with Crippen LogP contribution in [0.4, 0.5) is 0 Å². The summed E-state index contributed by atoms with van der Waals surface area (Å²) in [4.78, 5) is 23.2. The zero-order valence-corrected chi connectivity index (χ0v) is 52.0. The quantitative estimate of drug-likeness (QED) is 0.117. The Morgan fingerprint density at radius 1 is 0.365 bits per heavy atom. The van der Waals surface area contributed by atoms with Crippen molar-refractivity contribution in [3.8, 4) is 0 Å². The summed E-state index contributed by atoms with van der Waals surface area (Å²) in [5.74, 6) is -4.00. The summed E-state index contributed by atoms with van der Waals surface area (Å²) in [6.07, 6.45) is 30.8. The molecule has 0 amide bonds. The van der Waals surface area contributed by atoms with Gasteiger partial charge in [-0.3, -0.25) is 15.2 Å². The van der Waals surface area contributed by atoms with E-state index >= 15 is 4.57 Å². The van der Waals surface area contributed by atoms with E-state index in [0.717, 1.165) is 55.6 Å². The fraction of sp³-hybridized carbons (Fsp3) is 0.810. The van der Waals surface area contributed by atoms with E-state index in [2.05, 4.69) is 182 Å². The number of phosphoric ester groups is 1. The molecule has 422 valence electrons. The van der Waals surface area contributed by atoms with Gasteiger partial charge < -0.3 is 0 Å².